The minimum Gasteiger partial charge on any atom is -0.507 e. The number of aromatic hydroxyl groups is 1. The molecular weight excluding hydrogens is 419 g/mol. The number of rotatable bonds is 6. The maximum absolute atomic E-state index is 13.2. The van der Waals surface area contributed by atoms with Gasteiger partial charge in [-0.25, -0.2) is 8.78 Å². The summed E-state index contributed by atoms with van der Waals surface area (Å²) in [5.41, 5.74) is -1.60. The van der Waals surface area contributed by atoms with E-state index < -0.39 is 36.4 Å². The monoisotopic (exact) mass is 429 g/mol. The van der Waals surface area contributed by atoms with Crippen LogP contribution in [0.2, 0.25) is 5.02 Å². The van der Waals surface area contributed by atoms with Crippen molar-refractivity contribution in [3.05, 3.63) is 52.5 Å². The molecule has 11 heteroatoms. The quantitative estimate of drug-likeness (QED) is 0.445. The summed E-state index contributed by atoms with van der Waals surface area (Å²) >= 11 is 5.75. The summed E-state index contributed by atoms with van der Waals surface area (Å²) in [6, 6.07) is 6.14. The largest absolute Gasteiger partial charge is 0.507 e. The van der Waals surface area contributed by atoms with Crippen LogP contribution in [0.15, 0.2) is 41.4 Å². The predicted octanol–water partition coefficient (Wildman–Crippen LogP) is 6.09. The maximum Gasteiger partial charge on any atom is 0.420 e. The van der Waals surface area contributed by atoms with Crippen molar-refractivity contribution in [2.75, 3.05) is 6.61 Å². The third-order valence-corrected chi connectivity index (χ3v) is 3.59. The van der Waals surface area contributed by atoms with Crippen molar-refractivity contribution in [3.8, 4) is 11.5 Å². The molecule has 0 saturated heterocycles. The standard InChI is InChI=1S/C17H11ClF7NO2/c18-10-1-3-13(27)9(5-10)7-26-11-2-4-14(12(6-11)17(23,24)25)28-8-16(21,22)15(19)20/h1-7,15,27H,8H2. The smallest absolute Gasteiger partial charge is 0.420 e. The highest BCUT2D eigenvalue weighted by Crippen LogP contribution is 2.39. The Hall–Kier alpha value is -2.49. The van der Waals surface area contributed by atoms with Crippen molar-refractivity contribution in [1.82, 2.24) is 0 Å². The van der Waals surface area contributed by atoms with Crippen molar-refractivity contribution in [2.45, 2.75) is 18.5 Å². The lowest BCUT2D eigenvalue weighted by atomic mass is 10.1. The third-order valence-electron chi connectivity index (χ3n) is 3.35. The SMILES string of the molecule is Oc1ccc(Cl)cc1C=Nc1ccc(OCC(F)(F)C(F)F)c(C(F)(F)F)c1. The van der Waals surface area contributed by atoms with Crippen LogP contribution in [0.5, 0.6) is 11.5 Å². The van der Waals surface area contributed by atoms with E-state index in [1.54, 1.807) is 0 Å². The van der Waals surface area contributed by atoms with E-state index in [0.717, 1.165) is 12.3 Å². The number of phenols is 1. The van der Waals surface area contributed by atoms with E-state index >= 15 is 0 Å². The molecule has 2 rings (SSSR count). The Morgan fingerprint density at radius 2 is 1.75 bits per heavy atom. The first-order valence-electron chi connectivity index (χ1n) is 7.43. The molecular formula is C17H11ClF7NO2. The first-order chi connectivity index (χ1) is 12.9. The number of nitrogens with zero attached hydrogens (tertiary/aromatic N) is 1. The van der Waals surface area contributed by atoms with Gasteiger partial charge in [-0.15, -0.1) is 0 Å². The summed E-state index contributed by atoms with van der Waals surface area (Å²) in [6.07, 6.45) is -8.06. The Morgan fingerprint density at radius 3 is 2.36 bits per heavy atom. The second-order valence-electron chi connectivity index (χ2n) is 5.49. The van der Waals surface area contributed by atoms with Crippen LogP contribution < -0.4 is 4.74 Å². The maximum atomic E-state index is 13.2. The van der Waals surface area contributed by atoms with E-state index in [4.69, 9.17) is 11.6 Å². The zero-order valence-corrected chi connectivity index (χ0v) is 14.4. The van der Waals surface area contributed by atoms with Gasteiger partial charge in [-0.3, -0.25) is 4.99 Å². The molecule has 3 nitrogen and oxygen atoms in total. The van der Waals surface area contributed by atoms with Gasteiger partial charge in [0.05, 0.1) is 11.3 Å². The molecule has 0 aromatic heterocycles. The molecule has 1 N–H and O–H groups in total. The molecule has 0 bridgehead atoms. The highest BCUT2D eigenvalue weighted by Gasteiger charge is 2.43. The number of phenolic OH excluding ortho intramolecular Hbond substituents is 1. The van der Waals surface area contributed by atoms with Crippen LogP contribution in [-0.2, 0) is 6.18 Å². The normalized spacial score (nSPS) is 12.8. The molecule has 0 radical (unpaired) electrons. The van der Waals surface area contributed by atoms with Gasteiger partial charge in [0, 0.05) is 16.8 Å². The van der Waals surface area contributed by atoms with Crippen LogP contribution in [0.25, 0.3) is 0 Å². The van der Waals surface area contributed by atoms with Gasteiger partial charge in [0.25, 0.3) is 0 Å². The summed E-state index contributed by atoms with van der Waals surface area (Å²) in [4.78, 5) is 3.76. The summed E-state index contributed by atoms with van der Waals surface area (Å²) in [7, 11) is 0. The Balaban J connectivity index is 2.31. The topological polar surface area (TPSA) is 41.8 Å². The predicted molar refractivity (Wildman–Crippen MR) is 88.3 cm³/mol. The van der Waals surface area contributed by atoms with E-state index in [1.165, 1.54) is 18.2 Å². The van der Waals surface area contributed by atoms with E-state index in [-0.39, 0.29) is 22.0 Å². The van der Waals surface area contributed by atoms with Gasteiger partial charge in [-0.1, -0.05) is 11.6 Å². The van der Waals surface area contributed by atoms with Crippen LogP contribution in [0.4, 0.5) is 36.4 Å². The number of hydrogen-bond acceptors (Lipinski definition) is 3. The van der Waals surface area contributed by atoms with Crippen molar-refractivity contribution < 1.29 is 40.6 Å². The van der Waals surface area contributed by atoms with E-state index in [0.29, 0.717) is 12.1 Å². The molecule has 0 unspecified atom stereocenters. The average Bonchev–Trinajstić information content (AvgIpc) is 2.60. The molecule has 0 saturated carbocycles. The highest BCUT2D eigenvalue weighted by molar-refractivity contribution is 6.30. The van der Waals surface area contributed by atoms with E-state index in [2.05, 4.69) is 9.73 Å². The molecule has 0 aliphatic rings. The Labute approximate surface area is 159 Å². The van der Waals surface area contributed by atoms with Gasteiger partial charge >= 0.3 is 18.5 Å². The number of alkyl halides is 7. The van der Waals surface area contributed by atoms with Crippen molar-refractivity contribution in [1.29, 1.82) is 0 Å². The van der Waals surface area contributed by atoms with Crippen LogP contribution in [0.3, 0.4) is 0 Å². The van der Waals surface area contributed by atoms with Crippen molar-refractivity contribution >= 4 is 23.5 Å². The molecule has 2 aromatic carbocycles. The summed E-state index contributed by atoms with van der Waals surface area (Å²) in [5.74, 6) is -5.88. The number of halogens is 8. The Bertz CT molecular complexity index is 869. The highest BCUT2D eigenvalue weighted by atomic mass is 35.5. The number of hydrogen-bond donors (Lipinski definition) is 1. The summed E-state index contributed by atoms with van der Waals surface area (Å²) in [5, 5.41) is 9.90. The molecule has 0 heterocycles. The van der Waals surface area contributed by atoms with Crippen LogP contribution in [0, 0.1) is 0 Å². The molecule has 28 heavy (non-hydrogen) atoms. The van der Waals surface area contributed by atoms with Gasteiger partial charge < -0.3 is 9.84 Å². The Morgan fingerprint density at radius 1 is 1.07 bits per heavy atom. The zero-order valence-electron chi connectivity index (χ0n) is 13.7. The van der Waals surface area contributed by atoms with Gasteiger partial charge in [0.2, 0.25) is 0 Å². The zero-order chi connectivity index (χ0) is 21.1. The van der Waals surface area contributed by atoms with Crippen molar-refractivity contribution in [3.63, 3.8) is 0 Å². The Kier molecular flexibility index (Phi) is 6.43. The molecule has 0 atom stereocenters. The second-order valence-corrected chi connectivity index (χ2v) is 5.93. The second kappa shape index (κ2) is 8.26. The molecule has 152 valence electrons. The fourth-order valence-corrected chi connectivity index (χ4v) is 2.14. The minimum atomic E-state index is -5.01. The van der Waals surface area contributed by atoms with Crippen LogP contribution >= 0.6 is 11.6 Å². The number of benzene rings is 2. The van der Waals surface area contributed by atoms with Gasteiger partial charge in [0.15, 0.2) is 6.61 Å². The van der Waals surface area contributed by atoms with Crippen molar-refractivity contribution in [2.24, 2.45) is 4.99 Å². The van der Waals surface area contributed by atoms with Gasteiger partial charge in [0.1, 0.15) is 11.5 Å². The first kappa shape index (κ1) is 21.8. The fraction of sp³-hybridized carbons (Fsp3) is 0.235. The first-order valence-corrected chi connectivity index (χ1v) is 7.80. The number of aliphatic imine (C=N–C) groups is 1. The molecule has 0 fully saturated rings. The molecule has 0 aliphatic carbocycles. The van der Waals surface area contributed by atoms with Crippen LogP contribution in [-0.4, -0.2) is 30.3 Å². The van der Waals surface area contributed by atoms with Crippen LogP contribution in [0.1, 0.15) is 11.1 Å². The molecule has 0 spiro atoms. The lowest BCUT2D eigenvalue weighted by Crippen LogP contribution is -2.34. The van der Waals surface area contributed by atoms with E-state index in [9.17, 15) is 35.8 Å². The molecule has 0 aliphatic heterocycles. The average molecular weight is 430 g/mol. The number of ether oxygens (including phenoxy) is 1. The minimum absolute atomic E-state index is 0.123. The summed E-state index contributed by atoms with van der Waals surface area (Å²) in [6.45, 7) is -1.92. The lowest BCUT2D eigenvalue weighted by Gasteiger charge is -2.19. The van der Waals surface area contributed by atoms with Gasteiger partial charge in [-0.2, -0.15) is 22.0 Å². The summed E-state index contributed by atoms with van der Waals surface area (Å²) < 4.78 is 93.8. The molecule has 0 amide bonds. The lowest BCUT2D eigenvalue weighted by molar-refractivity contribution is -0.153. The van der Waals surface area contributed by atoms with Gasteiger partial charge in [-0.05, 0) is 36.4 Å². The molecule has 2 aromatic rings. The van der Waals surface area contributed by atoms with E-state index in [1.807, 2.05) is 0 Å². The fourth-order valence-electron chi connectivity index (χ4n) is 1.96. The third kappa shape index (κ3) is 5.51.